The van der Waals surface area contributed by atoms with Gasteiger partial charge in [0.1, 0.15) is 0 Å². The minimum absolute atomic E-state index is 0.0222. The van der Waals surface area contributed by atoms with Gasteiger partial charge in [-0.1, -0.05) is 115 Å². The summed E-state index contributed by atoms with van der Waals surface area (Å²) in [5, 5.41) is 2.11. The fourth-order valence-electron chi connectivity index (χ4n) is 11.2. The largest absolute Gasteiger partial charge is 0.417 e. The van der Waals surface area contributed by atoms with Crippen molar-refractivity contribution in [2.24, 2.45) is 0 Å². The van der Waals surface area contributed by atoms with E-state index in [2.05, 4.69) is 0 Å². The van der Waals surface area contributed by atoms with E-state index in [1.165, 1.54) is 30.3 Å². The molecule has 0 radical (unpaired) electrons. The number of hydrogen-bond donors (Lipinski definition) is 0. The molecule has 17 heteroatoms. The summed E-state index contributed by atoms with van der Waals surface area (Å²) < 4.78 is 179. The number of fused-ring (bicyclic) bond motifs is 6. The van der Waals surface area contributed by atoms with Crippen LogP contribution in [0.25, 0.3) is 123 Å². The SMILES string of the molecule is Cc1cc(-c2ccc3c(c2)c2ccccc2n3-c2ccc(-c3nc(-c4ccccc4)nc(-c4ccccc4)n3)cc2-c2cc(-n3c4ccccc4c4cc(-c5cc(C(F)(F)F)cc(C(F)(F)F)c5)ccc43)ccc2C(F)(F)F)cc(C(F)(F)F)c1. The number of benzene rings is 10. The lowest BCUT2D eigenvalue weighted by molar-refractivity contribution is -0.143. The van der Waals surface area contributed by atoms with Gasteiger partial charge in [-0.05, 0) is 143 Å². The van der Waals surface area contributed by atoms with Gasteiger partial charge in [0.05, 0.1) is 50.0 Å². The number of halogens is 12. The molecule has 420 valence electrons. The quantitative estimate of drug-likeness (QED) is 0.142. The molecule has 0 saturated carbocycles. The van der Waals surface area contributed by atoms with E-state index < -0.39 is 47.0 Å². The summed E-state index contributed by atoms with van der Waals surface area (Å²) in [5.74, 6) is 0.686. The lowest BCUT2D eigenvalue weighted by Crippen LogP contribution is -2.11. The van der Waals surface area contributed by atoms with Crippen LogP contribution in [-0.2, 0) is 24.7 Å². The molecule has 10 aromatic carbocycles. The second kappa shape index (κ2) is 20.1. The van der Waals surface area contributed by atoms with E-state index in [0.29, 0.717) is 89.1 Å². The molecular formula is C68H39F12N5. The molecule has 3 aromatic heterocycles. The molecule has 0 aliphatic heterocycles. The van der Waals surface area contributed by atoms with Gasteiger partial charge in [-0.2, -0.15) is 52.7 Å². The molecule has 0 saturated heterocycles. The van der Waals surface area contributed by atoms with Crippen LogP contribution >= 0.6 is 0 Å². The van der Waals surface area contributed by atoms with Gasteiger partial charge < -0.3 is 9.13 Å². The van der Waals surface area contributed by atoms with Crippen molar-refractivity contribution in [3.63, 3.8) is 0 Å². The molecule has 0 bridgehead atoms. The Bertz CT molecular complexity index is 4700. The number of nitrogens with zero attached hydrogens (tertiary/aromatic N) is 5. The van der Waals surface area contributed by atoms with Gasteiger partial charge >= 0.3 is 24.7 Å². The zero-order chi connectivity index (χ0) is 59.3. The van der Waals surface area contributed by atoms with E-state index >= 15 is 13.2 Å². The van der Waals surface area contributed by atoms with Crippen LogP contribution in [0.15, 0.2) is 218 Å². The maximum absolute atomic E-state index is 16.1. The Hall–Kier alpha value is -10.0. The maximum atomic E-state index is 16.1. The molecule has 13 aromatic rings. The van der Waals surface area contributed by atoms with E-state index in [0.717, 1.165) is 18.2 Å². The number of hydrogen-bond acceptors (Lipinski definition) is 3. The van der Waals surface area contributed by atoms with E-state index in [4.69, 9.17) is 15.0 Å². The Labute approximate surface area is 475 Å². The Balaban J connectivity index is 1.07. The number of aromatic nitrogens is 5. The molecule has 0 fully saturated rings. The molecule has 0 atom stereocenters. The highest BCUT2D eigenvalue weighted by Crippen LogP contribution is 2.47. The summed E-state index contributed by atoms with van der Waals surface area (Å²) in [5.41, 5.74) is -0.417. The summed E-state index contributed by atoms with van der Waals surface area (Å²) in [7, 11) is 0. The minimum atomic E-state index is -5.11. The predicted molar refractivity (Wildman–Crippen MR) is 306 cm³/mol. The lowest BCUT2D eigenvalue weighted by atomic mass is 9.94. The highest BCUT2D eigenvalue weighted by Gasteiger charge is 2.38. The highest BCUT2D eigenvalue weighted by atomic mass is 19.4. The van der Waals surface area contributed by atoms with Crippen LogP contribution in [0, 0.1) is 6.92 Å². The second-order valence-corrected chi connectivity index (χ2v) is 20.5. The van der Waals surface area contributed by atoms with Crippen LogP contribution in [-0.4, -0.2) is 24.1 Å². The average molecular weight is 1150 g/mol. The van der Waals surface area contributed by atoms with Crippen molar-refractivity contribution in [1.29, 1.82) is 0 Å². The first-order valence-electron chi connectivity index (χ1n) is 26.3. The smallest absolute Gasteiger partial charge is 0.309 e. The average Bonchev–Trinajstić information content (AvgIpc) is 1.82. The van der Waals surface area contributed by atoms with E-state index in [1.807, 2.05) is 66.7 Å². The van der Waals surface area contributed by atoms with Crippen LogP contribution in [0.4, 0.5) is 52.7 Å². The summed E-state index contributed by atoms with van der Waals surface area (Å²) in [6.45, 7) is 1.57. The summed E-state index contributed by atoms with van der Waals surface area (Å²) in [6.07, 6.45) is -19.9. The van der Waals surface area contributed by atoms with Gasteiger partial charge in [-0.25, -0.2) is 15.0 Å². The maximum Gasteiger partial charge on any atom is 0.417 e. The monoisotopic (exact) mass is 1150 g/mol. The third kappa shape index (κ3) is 9.98. The third-order valence-electron chi connectivity index (χ3n) is 15.1. The van der Waals surface area contributed by atoms with Crippen molar-refractivity contribution in [3.8, 4) is 78.9 Å². The molecule has 85 heavy (non-hydrogen) atoms. The molecule has 0 amide bonds. The van der Waals surface area contributed by atoms with Gasteiger partial charge in [0.25, 0.3) is 0 Å². The molecule has 0 N–H and O–H groups in total. The van der Waals surface area contributed by atoms with Crippen LogP contribution < -0.4 is 0 Å². The fraction of sp³-hybridized carbons (Fsp3) is 0.0735. The molecule has 0 unspecified atom stereocenters. The minimum Gasteiger partial charge on any atom is -0.309 e. The Kier molecular flexibility index (Phi) is 12.8. The van der Waals surface area contributed by atoms with Crippen molar-refractivity contribution in [1.82, 2.24) is 24.1 Å². The standard InChI is InChI=1S/C68H39F12N5/c1-38-28-44(30-46(29-38)65(69,70)71)41-21-26-60-54(33-41)51-17-9-11-19-58(51)85(60)61-27-22-43(64-82-62(39-12-4-2-5-13-39)81-63(83-64)40-14-6-3-7-15-40)35-55(61)52-37-49(23-24-56(52)68(78,79)80)84-57-18-10-8-16-50(57)53-34-42(20-25-59(53)84)45-31-47(66(72,73)74)36-48(32-45)67(75,76)77/h2-37H,1H3. The molecule has 3 heterocycles. The molecule has 0 spiro atoms. The Morgan fingerprint density at radius 1 is 0.294 bits per heavy atom. The number of rotatable bonds is 8. The van der Waals surface area contributed by atoms with Crippen molar-refractivity contribution >= 4 is 43.6 Å². The van der Waals surface area contributed by atoms with Gasteiger partial charge in [0.15, 0.2) is 17.5 Å². The van der Waals surface area contributed by atoms with E-state index in [-0.39, 0.29) is 57.2 Å². The summed E-state index contributed by atoms with van der Waals surface area (Å²) in [6, 6.07) is 55.3. The second-order valence-electron chi connectivity index (χ2n) is 20.5. The fourth-order valence-corrected chi connectivity index (χ4v) is 11.2. The van der Waals surface area contributed by atoms with E-state index in [9.17, 15) is 39.5 Å². The van der Waals surface area contributed by atoms with Crippen LogP contribution in [0.3, 0.4) is 0 Å². The first kappa shape index (κ1) is 54.2. The first-order valence-corrected chi connectivity index (χ1v) is 26.3. The molecule has 5 nitrogen and oxygen atoms in total. The summed E-state index contributed by atoms with van der Waals surface area (Å²) >= 11 is 0. The van der Waals surface area contributed by atoms with Gasteiger partial charge in [-0.15, -0.1) is 0 Å². The number of aryl methyl sites for hydroxylation is 1. The molecule has 0 aliphatic rings. The van der Waals surface area contributed by atoms with Gasteiger partial charge in [0, 0.05) is 49.5 Å². The Morgan fingerprint density at radius 2 is 0.729 bits per heavy atom. The zero-order valence-electron chi connectivity index (χ0n) is 44.1. The van der Waals surface area contributed by atoms with E-state index in [1.54, 1.807) is 101 Å². The summed E-state index contributed by atoms with van der Waals surface area (Å²) in [4.78, 5) is 14.6. The Morgan fingerprint density at radius 3 is 1.25 bits per heavy atom. The van der Waals surface area contributed by atoms with Crippen LogP contribution in [0.2, 0.25) is 0 Å². The van der Waals surface area contributed by atoms with Gasteiger partial charge in [-0.3, -0.25) is 0 Å². The molecule has 0 aliphatic carbocycles. The number of alkyl halides is 12. The van der Waals surface area contributed by atoms with Crippen molar-refractivity contribution in [3.05, 3.63) is 246 Å². The van der Waals surface area contributed by atoms with Crippen molar-refractivity contribution < 1.29 is 52.7 Å². The number of para-hydroxylation sites is 2. The van der Waals surface area contributed by atoms with Crippen molar-refractivity contribution in [2.75, 3.05) is 0 Å². The zero-order valence-corrected chi connectivity index (χ0v) is 44.1. The predicted octanol–water partition coefficient (Wildman–Crippen LogP) is 20.5. The van der Waals surface area contributed by atoms with Crippen LogP contribution in [0.1, 0.15) is 27.8 Å². The lowest BCUT2D eigenvalue weighted by Gasteiger charge is -2.21. The topological polar surface area (TPSA) is 48.5 Å². The third-order valence-corrected chi connectivity index (χ3v) is 15.1. The molecule has 13 rings (SSSR count). The first-order chi connectivity index (χ1) is 40.5. The highest BCUT2D eigenvalue weighted by molar-refractivity contribution is 6.12. The van der Waals surface area contributed by atoms with Crippen molar-refractivity contribution in [2.45, 2.75) is 31.6 Å². The molecular weight excluding hydrogens is 1110 g/mol. The normalized spacial score (nSPS) is 12.5. The van der Waals surface area contributed by atoms with Crippen LogP contribution in [0.5, 0.6) is 0 Å². The van der Waals surface area contributed by atoms with Gasteiger partial charge in [0.2, 0.25) is 0 Å².